The molecule has 0 spiro atoms. The fourth-order valence-electron chi connectivity index (χ4n) is 3.50. The van der Waals surface area contributed by atoms with Gasteiger partial charge in [-0.3, -0.25) is 4.98 Å². The van der Waals surface area contributed by atoms with Crippen molar-refractivity contribution in [2.24, 2.45) is 5.92 Å². The van der Waals surface area contributed by atoms with Gasteiger partial charge in [-0.25, -0.2) is 9.97 Å². The molecule has 3 aromatic rings. The van der Waals surface area contributed by atoms with Crippen molar-refractivity contribution in [1.82, 2.24) is 19.9 Å². The van der Waals surface area contributed by atoms with Gasteiger partial charge < -0.3 is 20.5 Å². The molecule has 174 valence electrons. The third-order valence-electron chi connectivity index (χ3n) is 5.52. The Kier molecular flexibility index (Phi) is 9.13. The van der Waals surface area contributed by atoms with Crippen molar-refractivity contribution in [3.8, 4) is 10.6 Å². The Morgan fingerprint density at radius 1 is 1.12 bits per heavy atom. The molecule has 0 fully saturated rings. The van der Waals surface area contributed by atoms with E-state index in [1.807, 2.05) is 19.9 Å². The van der Waals surface area contributed by atoms with Crippen molar-refractivity contribution < 1.29 is 9.84 Å². The van der Waals surface area contributed by atoms with Gasteiger partial charge in [0.05, 0.1) is 28.3 Å². The molecule has 0 saturated heterocycles. The Morgan fingerprint density at radius 3 is 2.66 bits per heavy atom. The van der Waals surface area contributed by atoms with Crippen LogP contribution in [0.5, 0.6) is 0 Å². The maximum atomic E-state index is 9.52. The van der Waals surface area contributed by atoms with Gasteiger partial charge >= 0.3 is 0 Å². The molecule has 0 aromatic carbocycles. The highest BCUT2D eigenvalue weighted by atomic mass is 32.1. The molecule has 0 aliphatic carbocycles. The third-order valence-corrected chi connectivity index (χ3v) is 6.57. The van der Waals surface area contributed by atoms with Gasteiger partial charge in [-0.15, -0.1) is 11.3 Å². The zero-order chi connectivity index (χ0) is 22.9. The zero-order valence-electron chi connectivity index (χ0n) is 19.4. The van der Waals surface area contributed by atoms with E-state index in [0.717, 1.165) is 51.6 Å². The van der Waals surface area contributed by atoms with Crippen molar-refractivity contribution in [3.63, 3.8) is 0 Å². The summed E-state index contributed by atoms with van der Waals surface area (Å²) in [5.41, 5.74) is 2.63. The monoisotopic (exact) mass is 458 g/mol. The number of thiazole rings is 1. The Bertz CT molecular complexity index is 959. The highest BCUT2D eigenvalue weighted by molar-refractivity contribution is 7.21. The second-order valence-electron chi connectivity index (χ2n) is 7.76. The number of anilines is 2. The number of pyridine rings is 1. The van der Waals surface area contributed by atoms with E-state index >= 15 is 0 Å². The molecule has 32 heavy (non-hydrogen) atoms. The van der Waals surface area contributed by atoms with E-state index in [1.165, 1.54) is 0 Å². The smallest absolute Gasteiger partial charge is 0.224 e. The van der Waals surface area contributed by atoms with E-state index in [1.54, 1.807) is 23.7 Å². The Morgan fingerprint density at radius 2 is 1.97 bits per heavy atom. The largest absolute Gasteiger partial charge is 0.396 e. The van der Waals surface area contributed by atoms with Gasteiger partial charge in [0.1, 0.15) is 16.3 Å². The minimum Gasteiger partial charge on any atom is -0.396 e. The van der Waals surface area contributed by atoms with Crippen molar-refractivity contribution in [2.45, 2.75) is 53.1 Å². The van der Waals surface area contributed by atoms with Gasteiger partial charge in [0, 0.05) is 32.5 Å². The molecule has 0 aliphatic rings. The molecule has 0 bridgehead atoms. The van der Waals surface area contributed by atoms with Gasteiger partial charge in [0.2, 0.25) is 5.95 Å². The number of hydrogen-bond donors (Lipinski definition) is 3. The van der Waals surface area contributed by atoms with Crippen LogP contribution in [0.25, 0.3) is 20.8 Å². The highest BCUT2D eigenvalue weighted by Gasteiger charge is 2.18. The second kappa shape index (κ2) is 12.0. The van der Waals surface area contributed by atoms with Crippen molar-refractivity contribution in [1.29, 1.82) is 0 Å². The standard InChI is InChI=1S/C23H34N6O2S/c1-5-16(14-30)8-11-25-21-20(22-28-18-13-24-10-9-19(18)32-22)15(4)27-23(29-21)26-12-17(6-2)31-7-3/h9-10,13,16-17,30H,5-8,11-12,14H2,1-4H3,(H2,25,26,27,29). The fraction of sp³-hybridized carbons (Fsp3) is 0.565. The Labute approximate surface area is 193 Å². The average Bonchev–Trinajstić information content (AvgIpc) is 3.22. The zero-order valence-corrected chi connectivity index (χ0v) is 20.2. The summed E-state index contributed by atoms with van der Waals surface area (Å²) < 4.78 is 6.82. The quantitative estimate of drug-likeness (QED) is 0.344. The van der Waals surface area contributed by atoms with Crippen LogP contribution in [0.3, 0.4) is 0 Å². The number of aliphatic hydroxyl groups excluding tert-OH is 1. The first-order valence-electron chi connectivity index (χ1n) is 11.4. The average molecular weight is 459 g/mol. The van der Waals surface area contributed by atoms with Crippen LogP contribution in [0.1, 0.15) is 45.7 Å². The molecule has 9 heteroatoms. The maximum Gasteiger partial charge on any atom is 0.224 e. The van der Waals surface area contributed by atoms with E-state index in [2.05, 4.69) is 29.5 Å². The maximum absolute atomic E-state index is 9.52. The van der Waals surface area contributed by atoms with Gasteiger partial charge in [0.25, 0.3) is 0 Å². The molecule has 0 amide bonds. The van der Waals surface area contributed by atoms with E-state index in [0.29, 0.717) is 25.6 Å². The summed E-state index contributed by atoms with van der Waals surface area (Å²) in [7, 11) is 0. The Balaban J connectivity index is 1.89. The lowest BCUT2D eigenvalue weighted by Crippen LogP contribution is -2.24. The normalized spacial score (nSPS) is 13.3. The predicted octanol–water partition coefficient (Wildman–Crippen LogP) is 4.50. The lowest BCUT2D eigenvalue weighted by atomic mass is 10.0. The molecule has 0 aliphatic heterocycles. The van der Waals surface area contributed by atoms with E-state index in [9.17, 15) is 5.11 Å². The van der Waals surface area contributed by atoms with Gasteiger partial charge in [-0.05, 0) is 38.7 Å². The number of hydrogen-bond acceptors (Lipinski definition) is 9. The summed E-state index contributed by atoms with van der Waals surface area (Å²) in [5, 5.41) is 17.2. The summed E-state index contributed by atoms with van der Waals surface area (Å²) in [6, 6.07) is 1.97. The molecule has 8 nitrogen and oxygen atoms in total. The lowest BCUT2D eigenvalue weighted by molar-refractivity contribution is 0.0694. The molecule has 3 rings (SSSR count). The first-order chi connectivity index (χ1) is 15.6. The van der Waals surface area contributed by atoms with Gasteiger partial charge in [0.15, 0.2) is 0 Å². The number of rotatable bonds is 13. The first kappa shape index (κ1) is 24.3. The van der Waals surface area contributed by atoms with Crippen LogP contribution in [0.2, 0.25) is 0 Å². The van der Waals surface area contributed by atoms with Gasteiger partial charge in [-0.1, -0.05) is 20.3 Å². The van der Waals surface area contributed by atoms with Gasteiger partial charge in [-0.2, -0.15) is 4.98 Å². The number of aliphatic hydroxyl groups is 1. The lowest BCUT2D eigenvalue weighted by Gasteiger charge is -2.18. The molecule has 0 saturated carbocycles. The minimum atomic E-state index is 0.117. The van der Waals surface area contributed by atoms with Crippen LogP contribution in [0, 0.1) is 12.8 Å². The SMILES string of the molecule is CCOC(CC)CNc1nc(C)c(-c2nc3cnccc3s2)c(NCCC(CC)CO)n1. The van der Waals surface area contributed by atoms with Crippen LogP contribution in [0.15, 0.2) is 18.5 Å². The van der Waals surface area contributed by atoms with E-state index in [4.69, 9.17) is 19.7 Å². The predicted molar refractivity (Wildman–Crippen MR) is 131 cm³/mol. The molecule has 2 atom stereocenters. The summed E-state index contributed by atoms with van der Waals surface area (Å²) in [4.78, 5) is 18.5. The molecule has 0 radical (unpaired) electrons. The summed E-state index contributed by atoms with van der Waals surface area (Å²) in [6.45, 7) is 10.4. The van der Waals surface area contributed by atoms with Crippen molar-refractivity contribution in [2.75, 3.05) is 36.9 Å². The topological polar surface area (TPSA) is 105 Å². The second-order valence-corrected chi connectivity index (χ2v) is 8.79. The Hall–Kier alpha value is -2.36. The summed E-state index contributed by atoms with van der Waals surface area (Å²) in [6.07, 6.45) is 6.41. The number of aryl methyl sites for hydroxylation is 1. The molecular weight excluding hydrogens is 424 g/mol. The van der Waals surface area contributed by atoms with Crippen LogP contribution < -0.4 is 10.6 Å². The minimum absolute atomic E-state index is 0.117. The number of nitrogens with zero attached hydrogens (tertiary/aromatic N) is 4. The van der Waals surface area contributed by atoms with Crippen molar-refractivity contribution in [3.05, 3.63) is 24.2 Å². The van der Waals surface area contributed by atoms with Crippen LogP contribution in [-0.2, 0) is 4.74 Å². The number of nitrogens with one attached hydrogen (secondary N) is 2. The fourth-order valence-corrected chi connectivity index (χ4v) is 4.53. The number of aromatic nitrogens is 4. The number of fused-ring (bicyclic) bond motifs is 1. The molecule has 3 heterocycles. The van der Waals surface area contributed by atoms with Crippen molar-refractivity contribution >= 4 is 33.3 Å². The first-order valence-corrected chi connectivity index (χ1v) is 12.2. The molecular formula is C23H34N6O2S. The number of ether oxygens (including phenoxy) is 1. The third kappa shape index (κ3) is 6.11. The highest BCUT2D eigenvalue weighted by Crippen LogP contribution is 2.35. The summed E-state index contributed by atoms with van der Waals surface area (Å²) in [5.74, 6) is 1.60. The van der Waals surface area contributed by atoms with E-state index in [-0.39, 0.29) is 18.6 Å². The van der Waals surface area contributed by atoms with Crippen LogP contribution in [0.4, 0.5) is 11.8 Å². The van der Waals surface area contributed by atoms with Crippen LogP contribution >= 0.6 is 11.3 Å². The molecule has 3 aromatic heterocycles. The van der Waals surface area contributed by atoms with Crippen LogP contribution in [-0.4, -0.2) is 57.4 Å². The molecule has 3 N–H and O–H groups in total. The molecule has 2 unspecified atom stereocenters. The van der Waals surface area contributed by atoms with E-state index < -0.39 is 0 Å². The summed E-state index contributed by atoms with van der Waals surface area (Å²) >= 11 is 1.61.